The van der Waals surface area contributed by atoms with E-state index >= 15 is 0 Å². The molecular weight excluding hydrogens is 428 g/mol. The Bertz CT molecular complexity index is 1010. The van der Waals surface area contributed by atoms with Gasteiger partial charge < -0.3 is 14.5 Å². The zero-order chi connectivity index (χ0) is 21.0. The van der Waals surface area contributed by atoms with Gasteiger partial charge in [0.25, 0.3) is 7.37 Å². The summed E-state index contributed by atoms with van der Waals surface area (Å²) in [6.45, 7) is 0.0931. The van der Waals surface area contributed by atoms with Crippen LogP contribution in [0, 0.1) is 0 Å². The highest BCUT2D eigenvalue weighted by molar-refractivity contribution is 7.67. The first-order valence-electron chi connectivity index (χ1n) is 9.00. The highest BCUT2D eigenvalue weighted by Crippen LogP contribution is 2.59. The maximum absolute atomic E-state index is 14.0. The van der Waals surface area contributed by atoms with Gasteiger partial charge in [-0.05, 0) is 42.0 Å². The Morgan fingerprint density at radius 2 is 1.66 bits per heavy atom. The fraction of sp³-hybridized carbons (Fsp3) is 0.182. The SMILES string of the molecule is CN(C)c1ccc([P@](=O)(OCc2ccccc2)[C@@H](O)c2ccc(Cl)cc2Cl)cc1. The van der Waals surface area contributed by atoms with Gasteiger partial charge in [-0.25, -0.2) is 0 Å². The van der Waals surface area contributed by atoms with Crippen LogP contribution in [-0.4, -0.2) is 19.2 Å². The summed E-state index contributed by atoms with van der Waals surface area (Å²) in [7, 11) is 0.106. The molecule has 0 aromatic heterocycles. The molecule has 3 rings (SSSR count). The largest absolute Gasteiger partial charge is 0.378 e. The Morgan fingerprint density at radius 3 is 2.24 bits per heavy atom. The molecule has 152 valence electrons. The second-order valence-electron chi connectivity index (χ2n) is 6.81. The van der Waals surface area contributed by atoms with E-state index in [-0.39, 0.29) is 11.6 Å². The lowest BCUT2D eigenvalue weighted by Gasteiger charge is -2.26. The third-order valence-electron chi connectivity index (χ3n) is 4.55. The van der Waals surface area contributed by atoms with Crippen molar-refractivity contribution in [2.45, 2.75) is 12.5 Å². The molecular formula is C22H22Cl2NO3P. The standard InChI is InChI=1S/C22H22Cl2NO3P/c1-25(2)18-9-11-19(12-10-18)29(27,28-15-16-6-4-3-5-7-16)22(26)20-13-8-17(23)14-21(20)24/h3-14,22,26H,15H2,1-2H3/t22-,29+/m1/s1. The van der Waals surface area contributed by atoms with Crippen molar-refractivity contribution in [3.8, 4) is 0 Å². The number of hydrogen-bond acceptors (Lipinski definition) is 4. The number of hydrogen-bond donors (Lipinski definition) is 1. The molecule has 0 radical (unpaired) electrons. The second-order valence-corrected chi connectivity index (χ2v) is 10.1. The number of anilines is 1. The Balaban J connectivity index is 2.01. The summed E-state index contributed by atoms with van der Waals surface area (Å²) in [4.78, 5) is 1.94. The molecule has 0 bridgehead atoms. The molecule has 0 aliphatic heterocycles. The lowest BCUT2D eigenvalue weighted by atomic mass is 10.2. The summed E-state index contributed by atoms with van der Waals surface area (Å²) < 4.78 is 19.9. The van der Waals surface area contributed by atoms with Crippen molar-refractivity contribution < 1.29 is 14.2 Å². The number of nitrogens with zero attached hydrogens (tertiary/aromatic N) is 1. The van der Waals surface area contributed by atoms with E-state index in [2.05, 4.69) is 0 Å². The van der Waals surface area contributed by atoms with Crippen molar-refractivity contribution in [2.24, 2.45) is 0 Å². The average Bonchev–Trinajstić information content (AvgIpc) is 2.72. The quantitative estimate of drug-likeness (QED) is 0.458. The molecule has 0 amide bonds. The molecule has 3 aromatic carbocycles. The van der Waals surface area contributed by atoms with E-state index in [1.54, 1.807) is 24.3 Å². The molecule has 0 fully saturated rings. The van der Waals surface area contributed by atoms with Gasteiger partial charge >= 0.3 is 0 Å². The number of aliphatic hydroxyl groups excluding tert-OH is 1. The van der Waals surface area contributed by atoms with Crippen LogP contribution < -0.4 is 10.2 Å². The molecule has 0 aliphatic rings. The first-order chi connectivity index (χ1) is 13.8. The topological polar surface area (TPSA) is 49.8 Å². The monoisotopic (exact) mass is 449 g/mol. The van der Waals surface area contributed by atoms with E-state index in [9.17, 15) is 9.67 Å². The van der Waals surface area contributed by atoms with Crippen molar-refractivity contribution >= 4 is 41.6 Å². The maximum Gasteiger partial charge on any atom is 0.264 e. The molecule has 2 atom stereocenters. The Kier molecular flexibility index (Phi) is 7.05. The molecule has 29 heavy (non-hydrogen) atoms. The van der Waals surface area contributed by atoms with Crippen molar-refractivity contribution in [3.05, 3.63) is 94.0 Å². The van der Waals surface area contributed by atoms with Gasteiger partial charge in [-0.3, -0.25) is 4.57 Å². The number of aliphatic hydroxyl groups is 1. The van der Waals surface area contributed by atoms with Crippen LogP contribution >= 0.6 is 30.6 Å². The van der Waals surface area contributed by atoms with E-state index in [4.69, 9.17) is 27.7 Å². The van der Waals surface area contributed by atoms with Crippen molar-refractivity contribution in [1.82, 2.24) is 0 Å². The fourth-order valence-electron chi connectivity index (χ4n) is 2.88. The minimum absolute atomic E-state index is 0.0931. The van der Waals surface area contributed by atoms with Gasteiger partial charge in [0.15, 0.2) is 5.85 Å². The Hall–Kier alpha value is -1.81. The highest BCUT2D eigenvalue weighted by Gasteiger charge is 2.37. The Morgan fingerprint density at radius 1 is 1.00 bits per heavy atom. The van der Waals surface area contributed by atoms with Gasteiger partial charge in [0.2, 0.25) is 0 Å². The summed E-state index contributed by atoms with van der Waals surface area (Å²) in [5.41, 5.74) is 2.11. The van der Waals surface area contributed by atoms with Crippen LogP contribution in [0.2, 0.25) is 10.0 Å². The van der Waals surface area contributed by atoms with Crippen LogP contribution in [0.1, 0.15) is 17.0 Å². The molecule has 4 nitrogen and oxygen atoms in total. The summed E-state index contributed by atoms with van der Waals surface area (Å²) in [6, 6.07) is 21.2. The molecule has 0 unspecified atom stereocenters. The lowest BCUT2D eigenvalue weighted by Crippen LogP contribution is -2.16. The van der Waals surface area contributed by atoms with E-state index in [0.29, 0.717) is 15.9 Å². The summed E-state index contributed by atoms with van der Waals surface area (Å²) in [5, 5.41) is 12.2. The van der Waals surface area contributed by atoms with Crippen molar-refractivity contribution in [2.75, 3.05) is 19.0 Å². The minimum atomic E-state index is -3.73. The van der Waals surface area contributed by atoms with Gasteiger partial charge in [0, 0.05) is 40.7 Å². The summed E-state index contributed by atoms with van der Waals surface area (Å²) in [6.07, 6.45) is 0. The van der Waals surface area contributed by atoms with Crippen LogP contribution in [-0.2, 0) is 15.7 Å². The number of rotatable bonds is 7. The zero-order valence-corrected chi connectivity index (χ0v) is 18.5. The molecule has 0 saturated carbocycles. The van der Waals surface area contributed by atoms with Crippen LogP contribution in [0.5, 0.6) is 0 Å². The normalized spacial score (nSPS) is 14.2. The first-order valence-corrected chi connectivity index (χ1v) is 11.5. The lowest BCUT2D eigenvalue weighted by molar-refractivity contribution is 0.210. The molecule has 0 spiro atoms. The molecule has 7 heteroatoms. The molecule has 1 N–H and O–H groups in total. The first kappa shape index (κ1) is 21.9. The van der Waals surface area contributed by atoms with Gasteiger partial charge in [0.05, 0.1) is 6.61 Å². The summed E-state index contributed by atoms with van der Waals surface area (Å²) in [5.74, 6) is -1.43. The zero-order valence-electron chi connectivity index (χ0n) is 16.1. The van der Waals surface area contributed by atoms with Gasteiger partial charge in [-0.1, -0.05) is 59.6 Å². The smallest absolute Gasteiger partial charge is 0.264 e. The van der Waals surface area contributed by atoms with Crippen molar-refractivity contribution in [3.63, 3.8) is 0 Å². The maximum atomic E-state index is 14.0. The summed E-state index contributed by atoms with van der Waals surface area (Å²) >= 11 is 12.2. The van der Waals surface area contributed by atoms with E-state index < -0.39 is 13.2 Å². The van der Waals surface area contributed by atoms with Crippen molar-refractivity contribution in [1.29, 1.82) is 0 Å². The van der Waals surface area contributed by atoms with Gasteiger partial charge in [0.1, 0.15) is 0 Å². The molecule has 0 saturated heterocycles. The predicted molar refractivity (Wildman–Crippen MR) is 121 cm³/mol. The van der Waals surface area contributed by atoms with Gasteiger partial charge in [-0.15, -0.1) is 0 Å². The predicted octanol–water partition coefficient (Wildman–Crippen LogP) is 5.87. The number of benzene rings is 3. The minimum Gasteiger partial charge on any atom is -0.378 e. The second kappa shape index (κ2) is 9.34. The molecule has 0 aliphatic carbocycles. The van der Waals surface area contributed by atoms with Crippen LogP contribution in [0.4, 0.5) is 5.69 Å². The van der Waals surface area contributed by atoms with E-state index in [1.165, 1.54) is 6.07 Å². The fourth-order valence-corrected chi connectivity index (χ4v) is 5.54. The van der Waals surface area contributed by atoms with Crippen LogP contribution in [0.25, 0.3) is 0 Å². The molecule has 3 aromatic rings. The van der Waals surface area contributed by atoms with E-state index in [0.717, 1.165) is 11.3 Å². The molecule has 0 heterocycles. The Labute approximate surface area is 181 Å². The third kappa shape index (κ3) is 5.03. The van der Waals surface area contributed by atoms with Gasteiger partial charge in [-0.2, -0.15) is 0 Å². The number of halogens is 2. The third-order valence-corrected chi connectivity index (χ3v) is 7.57. The van der Waals surface area contributed by atoms with Crippen LogP contribution in [0.15, 0.2) is 72.8 Å². The average molecular weight is 450 g/mol. The van der Waals surface area contributed by atoms with Crippen LogP contribution in [0.3, 0.4) is 0 Å². The van der Waals surface area contributed by atoms with E-state index in [1.807, 2.05) is 61.5 Å². The highest BCUT2D eigenvalue weighted by atomic mass is 35.5.